The molecule has 0 atom stereocenters. The van der Waals surface area contributed by atoms with Crippen LogP contribution in [0.15, 0.2) is 4.99 Å². The number of hydrogen-bond donors (Lipinski definition) is 2. The molecule has 2 fully saturated rings. The van der Waals surface area contributed by atoms with E-state index in [9.17, 15) is 14.4 Å². The van der Waals surface area contributed by atoms with E-state index >= 15 is 0 Å². The highest BCUT2D eigenvalue weighted by atomic mass is 16.2. The van der Waals surface area contributed by atoms with Crippen LogP contribution in [0.4, 0.5) is 0 Å². The number of guanidine groups is 1. The predicted molar refractivity (Wildman–Crippen MR) is 54.4 cm³/mol. The van der Waals surface area contributed by atoms with Crippen LogP contribution in [-0.4, -0.2) is 48.2 Å². The van der Waals surface area contributed by atoms with Gasteiger partial charge in [-0.05, 0) is 12.8 Å². The van der Waals surface area contributed by atoms with Gasteiger partial charge in [-0.1, -0.05) is 0 Å². The summed E-state index contributed by atoms with van der Waals surface area (Å²) in [5.74, 6) is -1.51. The van der Waals surface area contributed by atoms with Gasteiger partial charge < -0.3 is 4.90 Å². The van der Waals surface area contributed by atoms with E-state index in [0.29, 0.717) is 0 Å². The van der Waals surface area contributed by atoms with Crippen LogP contribution in [0, 0.1) is 0 Å². The van der Waals surface area contributed by atoms with Gasteiger partial charge in [0.1, 0.15) is 6.54 Å². The quantitative estimate of drug-likeness (QED) is 0.543. The lowest BCUT2D eigenvalue weighted by molar-refractivity contribution is -0.135. The molecule has 2 saturated heterocycles. The third-order valence-corrected chi connectivity index (χ3v) is 2.50. The number of amides is 3. The van der Waals surface area contributed by atoms with E-state index in [2.05, 4.69) is 15.6 Å². The van der Waals surface area contributed by atoms with E-state index in [1.165, 1.54) is 0 Å². The lowest BCUT2D eigenvalue weighted by atomic mass is 10.4. The van der Waals surface area contributed by atoms with Gasteiger partial charge in [0.25, 0.3) is 0 Å². The Morgan fingerprint density at radius 3 is 2.31 bits per heavy atom. The van der Waals surface area contributed by atoms with E-state index < -0.39 is 11.8 Å². The Bertz CT molecular complexity index is 353. The third-order valence-electron chi connectivity index (χ3n) is 2.50. The summed E-state index contributed by atoms with van der Waals surface area (Å²) in [6.45, 7) is 1.49. The van der Waals surface area contributed by atoms with Crippen molar-refractivity contribution in [3.63, 3.8) is 0 Å². The highest BCUT2D eigenvalue weighted by molar-refractivity contribution is 6.45. The molecular formula is C9H12N4O3. The van der Waals surface area contributed by atoms with Crippen molar-refractivity contribution >= 4 is 23.7 Å². The first-order valence-corrected chi connectivity index (χ1v) is 5.11. The van der Waals surface area contributed by atoms with Crippen molar-refractivity contribution in [2.75, 3.05) is 19.6 Å². The maximum atomic E-state index is 11.6. The van der Waals surface area contributed by atoms with Crippen molar-refractivity contribution in [2.24, 2.45) is 4.99 Å². The number of carbonyl (C=O) groups is 3. The van der Waals surface area contributed by atoms with Gasteiger partial charge in [-0.15, -0.1) is 0 Å². The molecule has 0 radical (unpaired) electrons. The van der Waals surface area contributed by atoms with Crippen LogP contribution in [0.5, 0.6) is 0 Å². The Balaban J connectivity index is 1.86. The van der Waals surface area contributed by atoms with E-state index in [-0.39, 0.29) is 18.4 Å². The molecule has 86 valence electrons. The first-order valence-electron chi connectivity index (χ1n) is 5.11. The maximum Gasteiger partial charge on any atom is 0.316 e. The lowest BCUT2D eigenvalue weighted by Gasteiger charge is -2.13. The average Bonchev–Trinajstić information content (AvgIpc) is 2.86. The van der Waals surface area contributed by atoms with Crippen LogP contribution in [-0.2, 0) is 14.4 Å². The summed E-state index contributed by atoms with van der Waals surface area (Å²) in [5, 5.41) is 4.46. The van der Waals surface area contributed by atoms with E-state index in [0.717, 1.165) is 25.9 Å². The molecule has 0 aromatic heterocycles. The van der Waals surface area contributed by atoms with Crippen molar-refractivity contribution in [2.45, 2.75) is 12.8 Å². The molecule has 7 nitrogen and oxygen atoms in total. The SMILES string of the molecule is O=C1NC(=NCC(=O)N2CCCC2)NC1=O. The maximum absolute atomic E-state index is 11.6. The molecule has 0 bridgehead atoms. The van der Waals surface area contributed by atoms with Gasteiger partial charge in [0.2, 0.25) is 11.9 Å². The first kappa shape index (κ1) is 10.6. The van der Waals surface area contributed by atoms with Gasteiger partial charge >= 0.3 is 11.8 Å². The largest absolute Gasteiger partial charge is 0.341 e. The van der Waals surface area contributed by atoms with Crippen molar-refractivity contribution in [3.05, 3.63) is 0 Å². The zero-order valence-corrected chi connectivity index (χ0v) is 8.65. The molecule has 3 amide bonds. The lowest BCUT2D eigenvalue weighted by Crippen LogP contribution is -2.32. The monoisotopic (exact) mass is 224 g/mol. The number of hydrogen-bond acceptors (Lipinski definition) is 4. The van der Waals surface area contributed by atoms with Crippen LogP contribution < -0.4 is 10.6 Å². The summed E-state index contributed by atoms with van der Waals surface area (Å²) in [6.07, 6.45) is 2.05. The fraction of sp³-hybridized carbons (Fsp3) is 0.556. The Morgan fingerprint density at radius 2 is 1.75 bits per heavy atom. The molecular weight excluding hydrogens is 212 g/mol. The van der Waals surface area contributed by atoms with Crippen molar-refractivity contribution in [1.29, 1.82) is 0 Å². The number of nitrogens with zero attached hydrogens (tertiary/aromatic N) is 2. The second kappa shape index (κ2) is 4.30. The molecule has 7 heteroatoms. The Kier molecular flexibility index (Phi) is 2.84. The number of carbonyl (C=O) groups excluding carboxylic acids is 3. The zero-order valence-electron chi connectivity index (χ0n) is 8.65. The Labute approximate surface area is 91.9 Å². The molecule has 2 aliphatic heterocycles. The fourth-order valence-corrected chi connectivity index (χ4v) is 1.65. The molecule has 2 heterocycles. The minimum Gasteiger partial charge on any atom is -0.341 e. The second-order valence-corrected chi connectivity index (χ2v) is 3.66. The van der Waals surface area contributed by atoms with Gasteiger partial charge in [-0.25, -0.2) is 4.99 Å². The summed E-state index contributed by atoms with van der Waals surface area (Å²) in [7, 11) is 0. The van der Waals surface area contributed by atoms with E-state index in [1.54, 1.807) is 4.90 Å². The third kappa shape index (κ3) is 2.18. The number of nitrogens with one attached hydrogen (secondary N) is 2. The summed E-state index contributed by atoms with van der Waals surface area (Å²) in [5.41, 5.74) is 0. The summed E-state index contributed by atoms with van der Waals surface area (Å²) < 4.78 is 0. The van der Waals surface area contributed by atoms with E-state index in [4.69, 9.17) is 0 Å². The highest BCUT2D eigenvalue weighted by Gasteiger charge is 2.25. The summed E-state index contributed by atoms with van der Waals surface area (Å²) in [6, 6.07) is 0. The van der Waals surface area contributed by atoms with Crippen molar-refractivity contribution in [1.82, 2.24) is 15.5 Å². The van der Waals surface area contributed by atoms with Gasteiger partial charge in [0.15, 0.2) is 0 Å². The number of rotatable bonds is 2. The highest BCUT2D eigenvalue weighted by Crippen LogP contribution is 2.07. The molecule has 0 aliphatic carbocycles. The molecule has 2 rings (SSSR count). The number of likely N-dealkylation sites (tertiary alicyclic amines) is 1. The van der Waals surface area contributed by atoms with E-state index in [1.807, 2.05) is 0 Å². The normalized spacial score (nSPS) is 19.8. The predicted octanol–water partition coefficient (Wildman–Crippen LogP) is -1.79. The molecule has 0 saturated carbocycles. The van der Waals surface area contributed by atoms with Gasteiger partial charge in [0.05, 0.1) is 0 Å². The van der Waals surface area contributed by atoms with Crippen LogP contribution in [0.25, 0.3) is 0 Å². The minimum absolute atomic E-state index is 0.0457. The van der Waals surface area contributed by atoms with Crippen molar-refractivity contribution < 1.29 is 14.4 Å². The molecule has 0 unspecified atom stereocenters. The van der Waals surface area contributed by atoms with Crippen molar-refractivity contribution in [3.8, 4) is 0 Å². The number of aliphatic imine (C=N–C) groups is 1. The minimum atomic E-state index is -0.743. The summed E-state index contributed by atoms with van der Waals surface area (Å²) >= 11 is 0. The summed E-state index contributed by atoms with van der Waals surface area (Å²) in [4.78, 5) is 38.7. The van der Waals surface area contributed by atoms with Crippen LogP contribution in [0.2, 0.25) is 0 Å². The molecule has 16 heavy (non-hydrogen) atoms. The average molecular weight is 224 g/mol. The van der Waals surface area contributed by atoms with Crippen LogP contribution >= 0.6 is 0 Å². The van der Waals surface area contributed by atoms with Crippen LogP contribution in [0.1, 0.15) is 12.8 Å². The molecule has 2 aliphatic rings. The van der Waals surface area contributed by atoms with Gasteiger partial charge in [-0.2, -0.15) is 0 Å². The molecule has 0 spiro atoms. The molecule has 0 aromatic rings. The molecule has 0 aromatic carbocycles. The standard InChI is InChI=1S/C9H12N4O3/c14-6(13-3-1-2-4-13)5-10-9-11-7(15)8(16)12-9/h1-5H2,(H2,10,11,12,15,16). The van der Waals surface area contributed by atoms with Gasteiger partial charge in [-0.3, -0.25) is 25.0 Å². The Morgan fingerprint density at radius 1 is 1.19 bits per heavy atom. The topological polar surface area (TPSA) is 90.9 Å². The Hall–Kier alpha value is -1.92. The second-order valence-electron chi connectivity index (χ2n) is 3.66. The zero-order chi connectivity index (χ0) is 11.5. The fourth-order valence-electron chi connectivity index (χ4n) is 1.65. The van der Waals surface area contributed by atoms with Gasteiger partial charge in [0, 0.05) is 13.1 Å². The van der Waals surface area contributed by atoms with Crippen LogP contribution in [0.3, 0.4) is 0 Å². The first-order chi connectivity index (χ1) is 7.66. The smallest absolute Gasteiger partial charge is 0.316 e. The molecule has 2 N–H and O–H groups in total.